The number of benzene rings is 2. The number of carbonyl (C=O) groups is 2. The summed E-state index contributed by atoms with van der Waals surface area (Å²) in [6.45, 7) is -0.138. The highest BCUT2D eigenvalue weighted by Gasteiger charge is 2.22. The number of nitrogens with one attached hydrogen (secondary N) is 2. The number of esters is 1. The Morgan fingerprint density at radius 3 is 2.62 bits per heavy atom. The zero-order chi connectivity index (χ0) is 17.5. The first-order chi connectivity index (χ1) is 11.5. The van der Waals surface area contributed by atoms with E-state index in [9.17, 15) is 14.7 Å². The van der Waals surface area contributed by atoms with Gasteiger partial charge >= 0.3 is 5.97 Å². The van der Waals surface area contributed by atoms with Crippen molar-refractivity contribution in [1.82, 2.24) is 5.32 Å². The maximum Gasteiger partial charge on any atom is 0.327 e. The molecule has 6 nitrogen and oxygen atoms in total. The highest BCUT2D eigenvalue weighted by molar-refractivity contribution is 6.33. The van der Waals surface area contributed by atoms with Crippen LogP contribution in [0.15, 0.2) is 48.5 Å². The molecule has 2 aromatic rings. The molecule has 7 heteroatoms. The molecule has 0 saturated heterocycles. The van der Waals surface area contributed by atoms with E-state index in [-0.39, 0.29) is 18.2 Å². The van der Waals surface area contributed by atoms with Crippen LogP contribution in [0.25, 0.3) is 0 Å². The number of aromatic hydroxyl groups is 1. The number of ether oxygens (including phenoxy) is 1. The number of methoxy groups -OCH3 is 1. The lowest BCUT2D eigenvalue weighted by molar-refractivity contribution is -0.143. The summed E-state index contributed by atoms with van der Waals surface area (Å²) in [4.78, 5) is 24.0. The van der Waals surface area contributed by atoms with Crippen LogP contribution >= 0.6 is 11.6 Å². The van der Waals surface area contributed by atoms with Gasteiger partial charge in [0.05, 0.1) is 24.4 Å². The van der Waals surface area contributed by atoms with Crippen LogP contribution in [0.1, 0.15) is 11.6 Å². The Balaban J connectivity index is 2.04. The average molecular weight is 349 g/mol. The van der Waals surface area contributed by atoms with E-state index in [1.54, 1.807) is 36.4 Å². The van der Waals surface area contributed by atoms with Gasteiger partial charge in [-0.25, -0.2) is 4.79 Å². The number of para-hydroxylation sites is 1. The lowest BCUT2D eigenvalue weighted by Gasteiger charge is -2.17. The Morgan fingerprint density at radius 2 is 1.96 bits per heavy atom. The Hall–Kier alpha value is -2.57. The molecule has 0 aliphatic heterocycles. The SMILES string of the molecule is COC(=O)[C@H](NCC(=O)Nc1ccccc1Cl)c1cccc(O)c1. The first kappa shape index (κ1) is 17.8. The third-order valence-electron chi connectivity index (χ3n) is 3.26. The van der Waals surface area contributed by atoms with Crippen LogP contribution in [0.5, 0.6) is 5.75 Å². The van der Waals surface area contributed by atoms with E-state index >= 15 is 0 Å². The van der Waals surface area contributed by atoms with Gasteiger partial charge in [-0.1, -0.05) is 35.9 Å². The van der Waals surface area contributed by atoms with Crippen molar-refractivity contribution in [3.63, 3.8) is 0 Å². The molecular weight excluding hydrogens is 332 g/mol. The Kier molecular flexibility index (Phi) is 6.17. The van der Waals surface area contributed by atoms with Gasteiger partial charge in [0, 0.05) is 0 Å². The van der Waals surface area contributed by atoms with Crippen molar-refractivity contribution in [3.05, 3.63) is 59.1 Å². The summed E-state index contributed by atoms with van der Waals surface area (Å²) in [5.74, 6) is -0.910. The van der Waals surface area contributed by atoms with Gasteiger partial charge in [0.2, 0.25) is 5.91 Å². The second-order valence-electron chi connectivity index (χ2n) is 4.96. The van der Waals surface area contributed by atoms with Crippen molar-refractivity contribution in [2.75, 3.05) is 19.0 Å². The van der Waals surface area contributed by atoms with Crippen LogP contribution in [0, 0.1) is 0 Å². The third-order valence-corrected chi connectivity index (χ3v) is 3.58. The predicted molar refractivity (Wildman–Crippen MR) is 90.9 cm³/mol. The number of phenols is 1. The van der Waals surface area contributed by atoms with E-state index in [1.165, 1.54) is 19.2 Å². The second kappa shape index (κ2) is 8.33. The summed E-state index contributed by atoms with van der Waals surface area (Å²) in [6.07, 6.45) is 0. The van der Waals surface area contributed by atoms with E-state index in [1.807, 2.05) is 0 Å². The molecule has 0 fully saturated rings. The fourth-order valence-electron chi connectivity index (χ4n) is 2.11. The van der Waals surface area contributed by atoms with Gasteiger partial charge in [-0.2, -0.15) is 0 Å². The fraction of sp³-hybridized carbons (Fsp3) is 0.176. The van der Waals surface area contributed by atoms with Gasteiger partial charge in [0.15, 0.2) is 0 Å². The van der Waals surface area contributed by atoms with Crippen molar-refractivity contribution in [2.45, 2.75) is 6.04 Å². The van der Waals surface area contributed by atoms with Crippen LogP contribution in [-0.2, 0) is 14.3 Å². The summed E-state index contributed by atoms with van der Waals surface area (Å²) in [6, 6.07) is 12.1. The molecule has 0 heterocycles. The highest BCUT2D eigenvalue weighted by Crippen LogP contribution is 2.21. The number of hydrogen-bond donors (Lipinski definition) is 3. The summed E-state index contributed by atoms with van der Waals surface area (Å²) in [7, 11) is 1.25. The Labute approximate surface area is 144 Å². The predicted octanol–water partition coefficient (Wildman–Crippen LogP) is 2.49. The molecule has 1 atom stereocenters. The molecule has 0 saturated carbocycles. The molecular formula is C17H17ClN2O4. The van der Waals surface area contributed by atoms with Gasteiger partial charge in [-0.05, 0) is 29.8 Å². The van der Waals surface area contributed by atoms with E-state index in [0.717, 1.165) is 0 Å². The number of amides is 1. The summed E-state index contributed by atoms with van der Waals surface area (Å²) >= 11 is 5.98. The number of carbonyl (C=O) groups excluding carboxylic acids is 2. The molecule has 0 radical (unpaired) electrons. The third kappa shape index (κ3) is 4.71. The van der Waals surface area contributed by atoms with Gasteiger partial charge in [0.25, 0.3) is 0 Å². The van der Waals surface area contributed by atoms with Crippen LogP contribution in [0.2, 0.25) is 5.02 Å². The van der Waals surface area contributed by atoms with Gasteiger partial charge < -0.3 is 15.2 Å². The lowest BCUT2D eigenvalue weighted by atomic mass is 10.1. The minimum Gasteiger partial charge on any atom is -0.508 e. The molecule has 0 aliphatic rings. The van der Waals surface area contributed by atoms with Crippen LogP contribution in [0.4, 0.5) is 5.69 Å². The van der Waals surface area contributed by atoms with E-state index in [0.29, 0.717) is 16.3 Å². The molecule has 0 spiro atoms. The molecule has 2 rings (SSSR count). The van der Waals surface area contributed by atoms with E-state index in [2.05, 4.69) is 10.6 Å². The van der Waals surface area contributed by atoms with Crippen LogP contribution in [0.3, 0.4) is 0 Å². The minimum atomic E-state index is -0.876. The van der Waals surface area contributed by atoms with Crippen molar-refractivity contribution in [2.24, 2.45) is 0 Å². The molecule has 3 N–H and O–H groups in total. The molecule has 0 aliphatic carbocycles. The summed E-state index contributed by atoms with van der Waals surface area (Å²) in [5, 5.41) is 15.4. The number of rotatable bonds is 6. The smallest absolute Gasteiger partial charge is 0.327 e. The van der Waals surface area contributed by atoms with Crippen molar-refractivity contribution in [1.29, 1.82) is 0 Å². The molecule has 24 heavy (non-hydrogen) atoms. The van der Waals surface area contributed by atoms with Crippen molar-refractivity contribution in [3.8, 4) is 5.75 Å². The zero-order valence-corrected chi connectivity index (χ0v) is 13.7. The van der Waals surface area contributed by atoms with E-state index in [4.69, 9.17) is 16.3 Å². The maximum absolute atomic E-state index is 12.0. The first-order valence-electron chi connectivity index (χ1n) is 7.16. The Bertz CT molecular complexity index is 736. The minimum absolute atomic E-state index is 0.0173. The quantitative estimate of drug-likeness (QED) is 0.698. The molecule has 0 unspecified atom stereocenters. The van der Waals surface area contributed by atoms with Gasteiger partial charge in [0.1, 0.15) is 11.8 Å². The highest BCUT2D eigenvalue weighted by atomic mass is 35.5. The monoisotopic (exact) mass is 348 g/mol. The Morgan fingerprint density at radius 1 is 1.21 bits per heavy atom. The van der Waals surface area contributed by atoms with Gasteiger partial charge in [-0.15, -0.1) is 0 Å². The molecule has 2 aromatic carbocycles. The number of anilines is 1. The summed E-state index contributed by atoms with van der Waals surface area (Å²) in [5.41, 5.74) is 0.977. The molecule has 0 bridgehead atoms. The standard InChI is InChI=1S/C17H17ClN2O4/c1-24-17(23)16(11-5-4-6-12(21)9-11)19-10-15(22)20-14-8-3-2-7-13(14)18/h2-9,16,19,21H,10H2,1H3,(H,20,22)/t16-/m1/s1. The number of halogens is 1. The van der Waals surface area contributed by atoms with Crippen molar-refractivity contribution < 1.29 is 19.4 Å². The zero-order valence-electron chi connectivity index (χ0n) is 13.0. The van der Waals surface area contributed by atoms with E-state index < -0.39 is 12.0 Å². The number of hydrogen-bond acceptors (Lipinski definition) is 5. The first-order valence-corrected chi connectivity index (χ1v) is 7.53. The van der Waals surface area contributed by atoms with Crippen molar-refractivity contribution >= 4 is 29.2 Å². The number of phenolic OH excluding ortho intramolecular Hbond substituents is 1. The molecule has 126 valence electrons. The topological polar surface area (TPSA) is 87.7 Å². The molecule has 0 aromatic heterocycles. The lowest BCUT2D eigenvalue weighted by Crippen LogP contribution is -2.35. The van der Waals surface area contributed by atoms with Crippen LogP contribution < -0.4 is 10.6 Å². The van der Waals surface area contributed by atoms with Crippen LogP contribution in [-0.4, -0.2) is 30.6 Å². The fourth-order valence-corrected chi connectivity index (χ4v) is 2.29. The second-order valence-corrected chi connectivity index (χ2v) is 5.37. The van der Waals surface area contributed by atoms with Gasteiger partial charge in [-0.3, -0.25) is 10.1 Å². The normalized spacial score (nSPS) is 11.6. The largest absolute Gasteiger partial charge is 0.508 e. The summed E-state index contributed by atoms with van der Waals surface area (Å²) < 4.78 is 4.74. The average Bonchev–Trinajstić information content (AvgIpc) is 2.57. The maximum atomic E-state index is 12.0. The molecule has 1 amide bonds.